The molecule has 0 saturated heterocycles. The summed E-state index contributed by atoms with van der Waals surface area (Å²) in [5.41, 5.74) is 8.84. The van der Waals surface area contributed by atoms with Crippen molar-refractivity contribution >= 4 is 28.9 Å². The predicted molar refractivity (Wildman–Crippen MR) is 87.6 cm³/mol. The zero-order chi connectivity index (χ0) is 15.2. The first-order chi connectivity index (χ1) is 10.1. The summed E-state index contributed by atoms with van der Waals surface area (Å²) in [6.07, 6.45) is 0. The number of carbonyl (C=O) groups is 1. The van der Waals surface area contributed by atoms with Gasteiger partial charge >= 0.3 is 0 Å². The van der Waals surface area contributed by atoms with Crippen molar-refractivity contribution in [3.05, 3.63) is 58.6 Å². The summed E-state index contributed by atoms with van der Waals surface area (Å²) in [6, 6.07) is 12.8. The maximum Gasteiger partial charge on any atom is 0.251 e. The molecular formula is C16H18ClN3O. The molecule has 110 valence electrons. The van der Waals surface area contributed by atoms with Crippen LogP contribution in [0.5, 0.6) is 0 Å². The summed E-state index contributed by atoms with van der Waals surface area (Å²) in [5, 5.41) is 6.68. The fourth-order valence-corrected chi connectivity index (χ4v) is 2.16. The number of carbonyl (C=O) groups excluding carboxylic acids is 1. The van der Waals surface area contributed by atoms with Crippen LogP contribution in [0.15, 0.2) is 42.5 Å². The monoisotopic (exact) mass is 303 g/mol. The van der Waals surface area contributed by atoms with Gasteiger partial charge in [0, 0.05) is 23.7 Å². The number of hydrogen-bond acceptors (Lipinski definition) is 3. The van der Waals surface area contributed by atoms with Crippen molar-refractivity contribution in [2.24, 2.45) is 0 Å². The van der Waals surface area contributed by atoms with E-state index in [-0.39, 0.29) is 5.91 Å². The Balaban J connectivity index is 2.08. The maximum atomic E-state index is 11.7. The molecule has 0 bridgehead atoms. The maximum absolute atomic E-state index is 11.7. The minimum absolute atomic E-state index is 0.123. The lowest BCUT2D eigenvalue weighted by atomic mass is 10.1. The summed E-state index contributed by atoms with van der Waals surface area (Å²) in [5.74, 6) is -0.123. The van der Waals surface area contributed by atoms with E-state index in [1.54, 1.807) is 18.2 Å². The van der Waals surface area contributed by atoms with E-state index in [1.807, 2.05) is 31.2 Å². The molecule has 2 rings (SSSR count). The molecule has 0 heterocycles. The highest BCUT2D eigenvalue weighted by molar-refractivity contribution is 6.31. The summed E-state index contributed by atoms with van der Waals surface area (Å²) in [4.78, 5) is 11.7. The molecule has 0 spiro atoms. The molecule has 21 heavy (non-hydrogen) atoms. The number of rotatable bonds is 5. The second-order valence-corrected chi connectivity index (χ2v) is 5.01. The van der Waals surface area contributed by atoms with Crippen molar-refractivity contribution in [3.63, 3.8) is 0 Å². The van der Waals surface area contributed by atoms with E-state index in [2.05, 4.69) is 10.6 Å². The van der Waals surface area contributed by atoms with E-state index in [0.717, 1.165) is 11.3 Å². The van der Waals surface area contributed by atoms with E-state index >= 15 is 0 Å². The minimum atomic E-state index is -0.123. The molecule has 0 fully saturated rings. The lowest BCUT2D eigenvalue weighted by molar-refractivity contribution is 0.0956. The van der Waals surface area contributed by atoms with Crippen molar-refractivity contribution in [2.45, 2.75) is 13.5 Å². The van der Waals surface area contributed by atoms with Gasteiger partial charge in [-0.05, 0) is 36.8 Å². The Kier molecular flexibility index (Phi) is 5.06. The van der Waals surface area contributed by atoms with E-state index < -0.39 is 0 Å². The van der Waals surface area contributed by atoms with Crippen molar-refractivity contribution in [2.75, 3.05) is 17.6 Å². The molecule has 1 amide bonds. The SMILES string of the molecule is CCNC(=O)c1ccc(NCc2ccccc2Cl)c(N)c1. The van der Waals surface area contributed by atoms with Crippen molar-refractivity contribution in [1.82, 2.24) is 5.32 Å². The van der Waals surface area contributed by atoms with Crippen LogP contribution in [0.1, 0.15) is 22.8 Å². The molecule has 0 aliphatic carbocycles. The lowest BCUT2D eigenvalue weighted by Crippen LogP contribution is -2.22. The molecule has 0 aromatic heterocycles. The number of halogens is 1. The number of hydrogen-bond donors (Lipinski definition) is 3. The topological polar surface area (TPSA) is 67.2 Å². The highest BCUT2D eigenvalue weighted by atomic mass is 35.5. The van der Waals surface area contributed by atoms with Crippen molar-refractivity contribution in [3.8, 4) is 0 Å². The molecule has 0 atom stereocenters. The van der Waals surface area contributed by atoms with Crippen molar-refractivity contribution < 1.29 is 4.79 Å². The summed E-state index contributed by atoms with van der Waals surface area (Å²) in [6.45, 7) is 3.04. The summed E-state index contributed by atoms with van der Waals surface area (Å²) >= 11 is 6.11. The number of anilines is 2. The van der Waals surface area contributed by atoms with Crippen LogP contribution in [0, 0.1) is 0 Å². The van der Waals surface area contributed by atoms with Gasteiger partial charge in [-0.3, -0.25) is 4.79 Å². The average molecular weight is 304 g/mol. The first-order valence-electron chi connectivity index (χ1n) is 6.76. The lowest BCUT2D eigenvalue weighted by Gasteiger charge is -2.12. The molecule has 0 saturated carbocycles. The summed E-state index contributed by atoms with van der Waals surface area (Å²) in [7, 11) is 0. The zero-order valence-electron chi connectivity index (χ0n) is 11.8. The largest absolute Gasteiger partial charge is 0.397 e. The highest BCUT2D eigenvalue weighted by Gasteiger charge is 2.07. The average Bonchev–Trinajstić information content (AvgIpc) is 2.47. The molecule has 2 aromatic rings. The third-order valence-electron chi connectivity index (χ3n) is 3.08. The number of nitrogen functional groups attached to an aromatic ring is 1. The number of benzene rings is 2. The van der Waals surface area contributed by atoms with Crippen molar-refractivity contribution in [1.29, 1.82) is 0 Å². The Morgan fingerprint density at radius 2 is 2.00 bits per heavy atom. The molecule has 0 aliphatic heterocycles. The molecule has 4 nitrogen and oxygen atoms in total. The number of nitrogens with two attached hydrogens (primary N) is 1. The van der Waals surface area contributed by atoms with Crippen LogP contribution in [0.25, 0.3) is 0 Å². The molecule has 0 unspecified atom stereocenters. The second-order valence-electron chi connectivity index (χ2n) is 4.61. The van der Waals surface area contributed by atoms with Gasteiger partial charge in [-0.2, -0.15) is 0 Å². The Morgan fingerprint density at radius 3 is 2.67 bits per heavy atom. The number of nitrogens with one attached hydrogen (secondary N) is 2. The Bertz CT molecular complexity index is 643. The Hall–Kier alpha value is -2.20. The van der Waals surface area contributed by atoms with Gasteiger partial charge in [0.25, 0.3) is 5.91 Å². The van der Waals surface area contributed by atoms with Gasteiger partial charge in [0.1, 0.15) is 0 Å². The van der Waals surface area contributed by atoms with Crippen LogP contribution < -0.4 is 16.4 Å². The van der Waals surface area contributed by atoms with Crippen LogP contribution in [0.4, 0.5) is 11.4 Å². The standard InChI is InChI=1S/C16H18ClN3O/c1-2-19-16(21)11-7-8-15(14(18)9-11)20-10-12-5-3-4-6-13(12)17/h3-9,20H,2,10,18H2,1H3,(H,19,21). The van der Waals surface area contributed by atoms with E-state index in [9.17, 15) is 4.79 Å². The molecule has 5 heteroatoms. The first-order valence-corrected chi connectivity index (χ1v) is 7.14. The second kappa shape index (κ2) is 6.99. The van der Waals surface area contributed by atoms with Gasteiger partial charge in [-0.1, -0.05) is 29.8 Å². The van der Waals surface area contributed by atoms with Gasteiger partial charge in [0.2, 0.25) is 0 Å². The summed E-state index contributed by atoms with van der Waals surface area (Å²) < 4.78 is 0. The molecule has 4 N–H and O–H groups in total. The molecule has 2 aromatic carbocycles. The van der Waals surface area contributed by atoms with Gasteiger partial charge in [-0.15, -0.1) is 0 Å². The van der Waals surface area contributed by atoms with E-state index in [1.165, 1.54) is 0 Å². The normalized spacial score (nSPS) is 10.2. The van der Waals surface area contributed by atoms with E-state index in [4.69, 9.17) is 17.3 Å². The molecule has 0 aliphatic rings. The van der Waals surface area contributed by atoms with Gasteiger partial charge in [-0.25, -0.2) is 0 Å². The quantitative estimate of drug-likeness (QED) is 0.743. The van der Waals surface area contributed by atoms with Crippen LogP contribution in [0.2, 0.25) is 5.02 Å². The molecule has 0 radical (unpaired) electrons. The smallest absolute Gasteiger partial charge is 0.251 e. The van der Waals surface area contributed by atoms with Gasteiger partial charge < -0.3 is 16.4 Å². The van der Waals surface area contributed by atoms with Gasteiger partial charge in [0.05, 0.1) is 11.4 Å². The van der Waals surface area contributed by atoms with Crippen LogP contribution in [-0.2, 0) is 6.54 Å². The van der Waals surface area contributed by atoms with E-state index in [0.29, 0.717) is 29.4 Å². The third-order valence-corrected chi connectivity index (χ3v) is 3.45. The van der Waals surface area contributed by atoms with Gasteiger partial charge in [0.15, 0.2) is 0 Å². The zero-order valence-corrected chi connectivity index (χ0v) is 12.6. The third kappa shape index (κ3) is 3.89. The van der Waals surface area contributed by atoms with Crippen LogP contribution in [-0.4, -0.2) is 12.5 Å². The van der Waals surface area contributed by atoms with Crippen LogP contribution in [0.3, 0.4) is 0 Å². The Morgan fingerprint density at radius 1 is 1.24 bits per heavy atom. The predicted octanol–water partition coefficient (Wildman–Crippen LogP) is 3.28. The number of amides is 1. The highest BCUT2D eigenvalue weighted by Crippen LogP contribution is 2.22. The Labute approximate surface area is 129 Å². The minimum Gasteiger partial charge on any atom is -0.397 e. The fraction of sp³-hybridized carbons (Fsp3) is 0.188. The fourth-order valence-electron chi connectivity index (χ4n) is 1.96. The first kappa shape index (κ1) is 15.2. The molecular weight excluding hydrogens is 286 g/mol. The van der Waals surface area contributed by atoms with Crippen LogP contribution >= 0.6 is 11.6 Å².